The van der Waals surface area contributed by atoms with Crippen LogP contribution in [-0.2, 0) is 29.2 Å². The minimum Gasteiger partial charge on any atom is -0.346 e. The zero-order valence-electron chi connectivity index (χ0n) is 29.8. The van der Waals surface area contributed by atoms with Gasteiger partial charge in [0, 0.05) is 30.1 Å². The topological polar surface area (TPSA) is 104 Å². The molecule has 9 nitrogen and oxygen atoms in total. The molecule has 3 aromatic heterocycles. The molecule has 0 radical (unpaired) electrons. The van der Waals surface area contributed by atoms with Gasteiger partial charge in [-0.15, -0.1) is 15.0 Å². The van der Waals surface area contributed by atoms with Gasteiger partial charge in [0.15, 0.2) is 18.7 Å². The average Bonchev–Trinajstić information content (AvgIpc) is 3.94. The SMILES string of the molecule is CCCCc1nc(Cl)c(C[PH](=O)O)n1Cc1cccc2c1ccn2-c1ccccc1-c1nnn(C(c2ccccc2)(c2ccccc2)c2ccccc2)n1. The number of unbranched alkanes of at least 4 members (excludes halogenated alkanes) is 1. The van der Waals surface area contributed by atoms with Crippen molar-refractivity contribution in [1.29, 1.82) is 0 Å². The van der Waals surface area contributed by atoms with Crippen LogP contribution >= 0.6 is 19.6 Å². The number of imidazole rings is 1. The number of fused-ring (bicyclic) bond motifs is 1. The molecule has 270 valence electrons. The molecule has 0 aliphatic rings. The van der Waals surface area contributed by atoms with Crippen molar-refractivity contribution in [3.8, 4) is 17.1 Å². The highest BCUT2D eigenvalue weighted by Gasteiger charge is 2.41. The standard InChI is InChI=1S/C43H39ClN7O2P/c1-2-3-26-40-45-41(44)39(30-54(52)53)50(40)29-31-16-15-25-37-35(31)27-28-49(37)38-24-14-13-23-36(38)42-46-48-51(47-42)43(32-17-7-4-8-18-32,33-19-9-5-10-20-33)34-21-11-6-12-22-34/h4-25,27-28,54H,2-3,26,29-30H2,1H3,(H,52,53). The molecule has 0 spiro atoms. The molecule has 0 fully saturated rings. The molecule has 0 saturated heterocycles. The summed E-state index contributed by atoms with van der Waals surface area (Å²) in [6, 6.07) is 47.4. The molecular weight excluding hydrogens is 713 g/mol. The minimum atomic E-state index is -2.81. The molecule has 8 aromatic rings. The highest BCUT2D eigenvalue weighted by molar-refractivity contribution is 7.37. The largest absolute Gasteiger partial charge is 0.346 e. The molecular formula is C43H39ClN7O2P. The Bertz CT molecular complexity index is 2450. The van der Waals surface area contributed by atoms with Crippen LogP contribution in [0.25, 0.3) is 28.0 Å². The molecule has 0 aliphatic heterocycles. The number of hydrogen-bond donors (Lipinski definition) is 1. The Morgan fingerprint density at radius 1 is 0.778 bits per heavy atom. The summed E-state index contributed by atoms with van der Waals surface area (Å²) in [7, 11) is -2.81. The average molecular weight is 752 g/mol. The lowest BCUT2D eigenvalue weighted by atomic mass is 9.77. The van der Waals surface area contributed by atoms with E-state index in [0.29, 0.717) is 23.2 Å². The first-order chi connectivity index (χ1) is 26.5. The Morgan fingerprint density at radius 3 is 2.04 bits per heavy atom. The van der Waals surface area contributed by atoms with Crippen molar-refractivity contribution in [2.75, 3.05) is 0 Å². The zero-order valence-corrected chi connectivity index (χ0v) is 31.5. The predicted molar refractivity (Wildman–Crippen MR) is 215 cm³/mol. The van der Waals surface area contributed by atoms with Crippen molar-refractivity contribution in [2.24, 2.45) is 0 Å². The minimum absolute atomic E-state index is 0.0131. The van der Waals surface area contributed by atoms with Crippen LogP contribution < -0.4 is 0 Å². The number of tetrazole rings is 1. The Morgan fingerprint density at radius 2 is 1.41 bits per heavy atom. The molecule has 54 heavy (non-hydrogen) atoms. The van der Waals surface area contributed by atoms with Gasteiger partial charge in [0.2, 0.25) is 5.82 Å². The highest BCUT2D eigenvalue weighted by Crippen LogP contribution is 2.40. The first kappa shape index (κ1) is 35.4. The van der Waals surface area contributed by atoms with Crippen molar-refractivity contribution in [3.63, 3.8) is 0 Å². The molecule has 1 atom stereocenters. The number of benzene rings is 5. The second-order valence-corrected chi connectivity index (χ2v) is 14.8. The van der Waals surface area contributed by atoms with Crippen molar-refractivity contribution >= 4 is 30.5 Å². The van der Waals surface area contributed by atoms with Crippen LogP contribution in [0.2, 0.25) is 5.15 Å². The van der Waals surface area contributed by atoms with E-state index in [1.54, 1.807) is 4.80 Å². The van der Waals surface area contributed by atoms with Crippen LogP contribution in [0.3, 0.4) is 0 Å². The smallest absolute Gasteiger partial charge is 0.207 e. The maximum absolute atomic E-state index is 12.0. The van der Waals surface area contributed by atoms with E-state index >= 15 is 0 Å². The van der Waals surface area contributed by atoms with Crippen LogP contribution in [-0.4, -0.2) is 39.2 Å². The number of para-hydroxylation sites is 1. The van der Waals surface area contributed by atoms with Crippen molar-refractivity contribution in [3.05, 3.63) is 185 Å². The van der Waals surface area contributed by atoms with Gasteiger partial charge in [-0.05, 0) is 58.2 Å². The quantitative estimate of drug-likeness (QED) is 0.0931. The lowest BCUT2D eigenvalue weighted by Gasteiger charge is -2.34. The lowest BCUT2D eigenvalue weighted by molar-refractivity contribution is 0.396. The zero-order chi connectivity index (χ0) is 37.1. The number of aromatic nitrogens is 7. The number of nitrogens with zero attached hydrogens (tertiary/aromatic N) is 7. The summed E-state index contributed by atoms with van der Waals surface area (Å²) < 4.78 is 16.2. The number of halogens is 1. The summed E-state index contributed by atoms with van der Waals surface area (Å²) >= 11 is 6.56. The Hall–Kier alpha value is -5.60. The summed E-state index contributed by atoms with van der Waals surface area (Å²) in [5.41, 5.74) is 6.52. The van der Waals surface area contributed by atoms with Gasteiger partial charge in [0.05, 0.1) is 23.1 Å². The van der Waals surface area contributed by atoms with Crippen molar-refractivity contribution in [1.82, 2.24) is 34.3 Å². The van der Waals surface area contributed by atoms with Crippen LogP contribution in [0.4, 0.5) is 0 Å². The van der Waals surface area contributed by atoms with Crippen LogP contribution in [0.5, 0.6) is 0 Å². The van der Waals surface area contributed by atoms with E-state index in [1.165, 1.54) is 0 Å². The van der Waals surface area contributed by atoms with E-state index < -0.39 is 13.6 Å². The van der Waals surface area contributed by atoms with E-state index in [0.717, 1.165) is 69.5 Å². The molecule has 5 aromatic carbocycles. The van der Waals surface area contributed by atoms with Gasteiger partial charge in [-0.1, -0.05) is 140 Å². The van der Waals surface area contributed by atoms with Crippen LogP contribution in [0.1, 0.15) is 53.5 Å². The first-order valence-electron chi connectivity index (χ1n) is 18.1. The summed E-state index contributed by atoms with van der Waals surface area (Å²) in [6.45, 7) is 2.61. The Labute approximate surface area is 319 Å². The van der Waals surface area contributed by atoms with Crippen LogP contribution in [0, 0.1) is 0 Å². The third-order valence-corrected chi connectivity index (χ3v) is 11.0. The van der Waals surface area contributed by atoms with Gasteiger partial charge in [0.25, 0.3) is 0 Å². The van der Waals surface area contributed by atoms with E-state index in [9.17, 15) is 9.46 Å². The van der Waals surface area contributed by atoms with Gasteiger partial charge in [-0.2, -0.15) is 0 Å². The van der Waals surface area contributed by atoms with E-state index in [2.05, 4.69) is 83.3 Å². The first-order valence-corrected chi connectivity index (χ1v) is 20.0. The summed E-state index contributed by atoms with van der Waals surface area (Å²) in [5, 5.41) is 16.1. The summed E-state index contributed by atoms with van der Waals surface area (Å²) in [4.78, 5) is 16.2. The van der Waals surface area contributed by atoms with Gasteiger partial charge in [-0.3, -0.25) is 4.57 Å². The highest BCUT2D eigenvalue weighted by atomic mass is 35.5. The number of hydrogen-bond acceptors (Lipinski definition) is 5. The fourth-order valence-corrected chi connectivity index (χ4v) is 8.52. The summed E-state index contributed by atoms with van der Waals surface area (Å²) in [6.07, 6.45) is 4.73. The normalized spacial score (nSPS) is 12.4. The second kappa shape index (κ2) is 15.4. The van der Waals surface area contributed by atoms with Crippen LogP contribution in [0.15, 0.2) is 146 Å². The van der Waals surface area contributed by atoms with Gasteiger partial charge in [0.1, 0.15) is 5.82 Å². The molecule has 0 bridgehead atoms. The maximum atomic E-state index is 12.0. The molecule has 1 N–H and O–H groups in total. The number of aryl methyl sites for hydroxylation is 1. The molecule has 0 aliphatic carbocycles. The molecule has 0 saturated carbocycles. The molecule has 8 rings (SSSR count). The van der Waals surface area contributed by atoms with E-state index in [-0.39, 0.29) is 6.16 Å². The van der Waals surface area contributed by atoms with Gasteiger partial charge < -0.3 is 14.0 Å². The third-order valence-electron chi connectivity index (χ3n) is 10.0. The third kappa shape index (κ3) is 6.49. The van der Waals surface area contributed by atoms with Gasteiger partial charge >= 0.3 is 0 Å². The predicted octanol–water partition coefficient (Wildman–Crippen LogP) is 9.33. The van der Waals surface area contributed by atoms with Gasteiger partial charge in [-0.25, -0.2) is 4.98 Å². The fraction of sp³-hybridized carbons (Fsp3) is 0.163. The number of rotatable bonds is 13. The maximum Gasteiger partial charge on any atom is 0.207 e. The molecule has 1 unspecified atom stereocenters. The summed E-state index contributed by atoms with van der Waals surface area (Å²) in [5.74, 6) is 1.32. The Kier molecular flexibility index (Phi) is 10.1. The Balaban J connectivity index is 1.23. The molecule has 3 heterocycles. The molecule has 0 amide bonds. The lowest BCUT2D eigenvalue weighted by Crippen LogP contribution is -2.39. The fourth-order valence-electron chi connectivity index (χ4n) is 7.50. The van der Waals surface area contributed by atoms with Crippen molar-refractivity contribution in [2.45, 2.75) is 44.4 Å². The monoisotopic (exact) mass is 751 g/mol. The van der Waals surface area contributed by atoms with E-state index in [4.69, 9.17) is 27.0 Å². The second-order valence-electron chi connectivity index (χ2n) is 13.3. The van der Waals surface area contributed by atoms with E-state index in [1.807, 2.05) is 83.4 Å². The van der Waals surface area contributed by atoms with Crippen molar-refractivity contribution < 1.29 is 9.46 Å². The molecule has 11 heteroatoms.